The van der Waals surface area contributed by atoms with Crippen molar-refractivity contribution in [2.45, 2.75) is 212 Å². The van der Waals surface area contributed by atoms with Crippen molar-refractivity contribution in [3.63, 3.8) is 0 Å². The van der Waals surface area contributed by atoms with E-state index < -0.39 is 24.3 Å². The third-order valence-electron chi connectivity index (χ3n) is 10.9. The molecule has 0 rings (SSSR count). The summed E-state index contributed by atoms with van der Waals surface area (Å²) in [4.78, 5) is 37.3. The van der Waals surface area contributed by atoms with Gasteiger partial charge in [-0.3, -0.25) is 9.59 Å². The molecular formula is C57H98NO8+. The molecule has 0 amide bonds. The molecule has 0 fully saturated rings. The molecule has 0 aliphatic rings. The van der Waals surface area contributed by atoms with Crippen LogP contribution in [-0.4, -0.2) is 87.4 Å². The van der Waals surface area contributed by atoms with Crippen LogP contribution in [-0.2, 0) is 33.3 Å². The monoisotopic (exact) mass is 925 g/mol. The molecule has 0 aromatic carbocycles. The van der Waals surface area contributed by atoms with Crippen molar-refractivity contribution in [2.24, 2.45) is 0 Å². The molecule has 2 atom stereocenters. The number of unbranched alkanes of at least 4 members (excludes halogenated alkanes) is 18. The second kappa shape index (κ2) is 47.9. The van der Waals surface area contributed by atoms with E-state index in [-0.39, 0.29) is 38.6 Å². The molecule has 2 unspecified atom stereocenters. The maximum absolute atomic E-state index is 12.8. The molecule has 66 heavy (non-hydrogen) atoms. The van der Waals surface area contributed by atoms with Gasteiger partial charge >= 0.3 is 17.9 Å². The minimum atomic E-state index is -1.52. The van der Waals surface area contributed by atoms with Crippen LogP contribution in [0.3, 0.4) is 0 Å². The maximum Gasteiger partial charge on any atom is 0.361 e. The molecule has 9 nitrogen and oxygen atoms in total. The number of ether oxygens (including phenoxy) is 4. The smallest absolute Gasteiger partial charge is 0.361 e. The number of carboxylic acid groups (broad SMARTS) is 1. The second-order valence-electron chi connectivity index (χ2n) is 18.4. The molecule has 0 aliphatic carbocycles. The van der Waals surface area contributed by atoms with Crippen molar-refractivity contribution in [1.29, 1.82) is 0 Å². The average molecular weight is 925 g/mol. The Hall–Kier alpha value is -3.53. The lowest BCUT2D eigenvalue weighted by atomic mass is 10.1. The summed E-state index contributed by atoms with van der Waals surface area (Å²) >= 11 is 0. The van der Waals surface area contributed by atoms with E-state index in [0.717, 1.165) is 96.3 Å². The first-order valence-corrected chi connectivity index (χ1v) is 26.3. The van der Waals surface area contributed by atoms with Gasteiger partial charge in [-0.15, -0.1) is 0 Å². The predicted octanol–water partition coefficient (Wildman–Crippen LogP) is 14.8. The molecule has 0 radical (unpaired) electrons. The van der Waals surface area contributed by atoms with Gasteiger partial charge in [0.05, 0.1) is 34.4 Å². The fourth-order valence-corrected chi connectivity index (χ4v) is 6.83. The number of esters is 2. The summed E-state index contributed by atoms with van der Waals surface area (Å²) in [5.41, 5.74) is 0. The van der Waals surface area contributed by atoms with Crippen LogP contribution in [0.2, 0.25) is 0 Å². The van der Waals surface area contributed by atoms with Crippen LogP contribution < -0.4 is 0 Å². The molecule has 0 aromatic rings. The van der Waals surface area contributed by atoms with Crippen LogP contribution in [0.15, 0.2) is 85.1 Å². The third kappa shape index (κ3) is 48.4. The van der Waals surface area contributed by atoms with Gasteiger partial charge in [-0.25, -0.2) is 4.79 Å². The van der Waals surface area contributed by atoms with Crippen molar-refractivity contribution in [3.8, 4) is 0 Å². The number of carboxylic acids is 1. The summed E-state index contributed by atoms with van der Waals surface area (Å²) < 4.78 is 22.8. The lowest BCUT2D eigenvalue weighted by Crippen LogP contribution is -2.40. The zero-order chi connectivity index (χ0) is 48.4. The quantitative estimate of drug-likeness (QED) is 0.0211. The van der Waals surface area contributed by atoms with Crippen LogP contribution >= 0.6 is 0 Å². The number of rotatable bonds is 47. The van der Waals surface area contributed by atoms with Gasteiger partial charge in [-0.05, 0) is 89.9 Å². The van der Waals surface area contributed by atoms with Crippen LogP contribution in [0, 0.1) is 0 Å². The summed E-state index contributed by atoms with van der Waals surface area (Å²) in [5, 5.41) is 9.68. The number of allylic oxidation sites excluding steroid dienone is 14. The van der Waals surface area contributed by atoms with Gasteiger partial charge < -0.3 is 28.5 Å². The first kappa shape index (κ1) is 62.5. The van der Waals surface area contributed by atoms with Crippen LogP contribution in [0.25, 0.3) is 0 Å². The van der Waals surface area contributed by atoms with E-state index in [1.165, 1.54) is 70.6 Å². The minimum Gasteiger partial charge on any atom is -0.477 e. The SMILES string of the molecule is CC/C=C\C/C=C\C/C=C\C/C=C\C/C=C\C/C=C\CCCCCCC(=O)OC(COC(=O)CCCCCCCCC/C=C\CCCCCCCCC)COC(OCC[N+](C)(C)C)C(=O)O. The summed E-state index contributed by atoms with van der Waals surface area (Å²) in [6.07, 6.45) is 59.3. The van der Waals surface area contributed by atoms with E-state index in [1.807, 2.05) is 21.1 Å². The Kier molecular flexibility index (Phi) is 45.4. The van der Waals surface area contributed by atoms with Crippen molar-refractivity contribution in [3.05, 3.63) is 85.1 Å². The summed E-state index contributed by atoms with van der Waals surface area (Å²) in [6.45, 7) is 4.72. The fraction of sp³-hybridized carbons (Fsp3) is 0.702. The molecule has 0 bridgehead atoms. The van der Waals surface area contributed by atoms with E-state index in [4.69, 9.17) is 18.9 Å². The number of hydrogen-bond donors (Lipinski definition) is 1. The van der Waals surface area contributed by atoms with Gasteiger partial charge in [0.15, 0.2) is 6.10 Å². The van der Waals surface area contributed by atoms with E-state index in [0.29, 0.717) is 17.4 Å². The number of carbonyl (C=O) groups excluding carboxylic acids is 2. The van der Waals surface area contributed by atoms with E-state index in [2.05, 4.69) is 98.9 Å². The maximum atomic E-state index is 12.8. The second-order valence-corrected chi connectivity index (χ2v) is 18.4. The number of likely N-dealkylation sites (N-methyl/N-ethyl adjacent to an activating group) is 1. The fourth-order valence-electron chi connectivity index (χ4n) is 6.83. The van der Waals surface area contributed by atoms with Crippen molar-refractivity contribution in [1.82, 2.24) is 0 Å². The highest BCUT2D eigenvalue weighted by atomic mass is 16.7. The van der Waals surface area contributed by atoms with E-state index >= 15 is 0 Å². The molecule has 378 valence electrons. The zero-order valence-electron chi connectivity index (χ0n) is 42.8. The number of nitrogens with zero attached hydrogens (tertiary/aromatic N) is 1. The highest BCUT2D eigenvalue weighted by molar-refractivity contribution is 5.71. The number of carbonyl (C=O) groups is 3. The largest absolute Gasteiger partial charge is 0.477 e. The molecule has 0 saturated heterocycles. The predicted molar refractivity (Wildman–Crippen MR) is 276 cm³/mol. The summed E-state index contributed by atoms with van der Waals surface area (Å²) in [5.74, 6) is -2.05. The highest BCUT2D eigenvalue weighted by Crippen LogP contribution is 2.14. The van der Waals surface area contributed by atoms with Crippen LogP contribution in [0.1, 0.15) is 200 Å². The minimum absolute atomic E-state index is 0.177. The molecule has 9 heteroatoms. The molecule has 1 N–H and O–H groups in total. The van der Waals surface area contributed by atoms with E-state index in [1.54, 1.807) is 0 Å². The lowest BCUT2D eigenvalue weighted by molar-refractivity contribution is -0.870. The van der Waals surface area contributed by atoms with Gasteiger partial charge in [-0.1, -0.05) is 182 Å². The molecule has 0 aromatic heterocycles. The highest BCUT2D eigenvalue weighted by Gasteiger charge is 2.25. The third-order valence-corrected chi connectivity index (χ3v) is 10.9. The van der Waals surface area contributed by atoms with Crippen LogP contribution in [0.4, 0.5) is 0 Å². The van der Waals surface area contributed by atoms with Crippen LogP contribution in [0.5, 0.6) is 0 Å². The molecule has 0 spiro atoms. The van der Waals surface area contributed by atoms with Crippen molar-refractivity contribution < 1.29 is 42.9 Å². The van der Waals surface area contributed by atoms with Gasteiger partial charge in [0.2, 0.25) is 0 Å². The molecule has 0 heterocycles. The first-order chi connectivity index (χ1) is 32.1. The van der Waals surface area contributed by atoms with Crippen molar-refractivity contribution in [2.75, 3.05) is 47.5 Å². The lowest BCUT2D eigenvalue weighted by Gasteiger charge is -2.25. The Balaban J connectivity index is 4.42. The Morgan fingerprint density at radius 3 is 1.30 bits per heavy atom. The topological polar surface area (TPSA) is 108 Å². The van der Waals surface area contributed by atoms with E-state index in [9.17, 15) is 19.5 Å². The number of quaternary nitrogens is 1. The summed E-state index contributed by atoms with van der Waals surface area (Å²) in [7, 11) is 5.95. The van der Waals surface area contributed by atoms with Gasteiger partial charge in [0.1, 0.15) is 13.2 Å². The Morgan fingerprint density at radius 1 is 0.470 bits per heavy atom. The number of aliphatic carboxylic acids is 1. The molecule has 0 saturated carbocycles. The standard InChI is InChI=1S/C57H97NO8/c1-6-8-10-12-14-16-18-20-22-24-26-27-28-29-30-32-34-36-38-40-42-44-46-48-55(60)66-53(52-65-57(56(61)62)63-50-49-58(3,4)5)51-64-54(59)47-45-43-41-39-37-35-33-31-25-23-21-19-17-15-13-11-9-7-2/h8,10,14,16,20,22-23,25-27,29-30,34,36,53,57H,6-7,9,11-13,15,17-19,21,24,28,31-33,35,37-52H2,1-5H3/p+1/b10-8-,16-14-,22-20-,25-23-,27-26-,30-29-,36-34-. The first-order valence-electron chi connectivity index (χ1n) is 26.3. The summed E-state index contributed by atoms with van der Waals surface area (Å²) in [6, 6.07) is 0. The molecular weight excluding hydrogens is 827 g/mol. The average Bonchev–Trinajstić information content (AvgIpc) is 3.28. The Labute approximate surface area is 404 Å². The Bertz CT molecular complexity index is 1350. The number of hydrogen-bond acceptors (Lipinski definition) is 7. The van der Waals surface area contributed by atoms with Gasteiger partial charge in [0, 0.05) is 12.8 Å². The Morgan fingerprint density at radius 2 is 0.864 bits per heavy atom. The van der Waals surface area contributed by atoms with Crippen molar-refractivity contribution >= 4 is 17.9 Å². The normalized spacial score (nSPS) is 13.5. The zero-order valence-corrected chi connectivity index (χ0v) is 42.8. The molecule has 0 aliphatic heterocycles. The van der Waals surface area contributed by atoms with Gasteiger partial charge in [-0.2, -0.15) is 0 Å². The van der Waals surface area contributed by atoms with Gasteiger partial charge in [0.25, 0.3) is 6.29 Å².